The molecule has 182 valence electrons. The van der Waals surface area contributed by atoms with Gasteiger partial charge in [0.15, 0.2) is 18.1 Å². The Morgan fingerprint density at radius 1 is 0.971 bits per heavy atom. The number of benzene rings is 3. The number of ether oxygens (including phenoxy) is 3. The number of amides is 2. The summed E-state index contributed by atoms with van der Waals surface area (Å²) < 4.78 is 16.5. The molecular weight excluding hydrogens is 446 g/mol. The highest BCUT2D eigenvalue weighted by molar-refractivity contribution is 5.95. The molecule has 2 amide bonds. The lowest BCUT2D eigenvalue weighted by Crippen LogP contribution is -2.21. The fourth-order valence-electron chi connectivity index (χ4n) is 3.27. The first-order valence-electron chi connectivity index (χ1n) is 11.1. The van der Waals surface area contributed by atoms with E-state index in [0.717, 1.165) is 16.8 Å². The zero-order chi connectivity index (χ0) is 25.2. The second-order valence-corrected chi connectivity index (χ2v) is 7.73. The Kier molecular flexibility index (Phi) is 8.83. The molecule has 0 saturated heterocycles. The number of carbonyl (C=O) groups is 2. The van der Waals surface area contributed by atoms with Gasteiger partial charge in [-0.25, -0.2) is 5.43 Å². The second-order valence-electron chi connectivity index (χ2n) is 7.73. The molecule has 0 spiro atoms. The number of aryl methyl sites for hydroxylation is 2. The Balaban J connectivity index is 1.61. The lowest BCUT2D eigenvalue weighted by molar-refractivity contribution is -0.118. The summed E-state index contributed by atoms with van der Waals surface area (Å²) in [5, 5.41) is 6.87. The smallest absolute Gasteiger partial charge is 0.271 e. The van der Waals surface area contributed by atoms with E-state index in [-0.39, 0.29) is 18.4 Å². The predicted octanol–water partition coefficient (Wildman–Crippen LogP) is 4.49. The molecule has 0 atom stereocenters. The Morgan fingerprint density at radius 2 is 1.80 bits per heavy atom. The number of hydrogen-bond acceptors (Lipinski definition) is 6. The van der Waals surface area contributed by atoms with Crippen molar-refractivity contribution in [2.45, 2.75) is 20.8 Å². The van der Waals surface area contributed by atoms with Gasteiger partial charge in [0.1, 0.15) is 5.75 Å². The third-order valence-corrected chi connectivity index (χ3v) is 4.99. The van der Waals surface area contributed by atoms with Crippen LogP contribution in [0.25, 0.3) is 0 Å². The molecular formula is C27H29N3O5. The summed E-state index contributed by atoms with van der Waals surface area (Å²) in [6.07, 6.45) is 1.50. The van der Waals surface area contributed by atoms with Crippen molar-refractivity contribution in [3.05, 3.63) is 82.9 Å². The largest absolute Gasteiger partial charge is 0.497 e. The van der Waals surface area contributed by atoms with Crippen LogP contribution in [0.1, 0.15) is 34.0 Å². The minimum Gasteiger partial charge on any atom is -0.497 e. The van der Waals surface area contributed by atoms with E-state index >= 15 is 0 Å². The first-order chi connectivity index (χ1) is 16.9. The maximum atomic E-state index is 12.4. The molecule has 0 saturated carbocycles. The van der Waals surface area contributed by atoms with Crippen LogP contribution < -0.4 is 25.0 Å². The topological polar surface area (TPSA) is 98.2 Å². The molecule has 3 aromatic carbocycles. The van der Waals surface area contributed by atoms with Crippen molar-refractivity contribution in [1.82, 2.24) is 5.43 Å². The Bertz CT molecular complexity index is 1220. The van der Waals surface area contributed by atoms with Gasteiger partial charge in [-0.1, -0.05) is 23.8 Å². The van der Waals surface area contributed by atoms with E-state index < -0.39 is 0 Å². The molecule has 8 heteroatoms. The van der Waals surface area contributed by atoms with Gasteiger partial charge >= 0.3 is 0 Å². The molecule has 0 radical (unpaired) electrons. The lowest BCUT2D eigenvalue weighted by atomic mass is 10.1. The average Bonchev–Trinajstić information content (AvgIpc) is 2.85. The molecule has 0 bridgehead atoms. The minimum atomic E-state index is -0.361. The fourth-order valence-corrected chi connectivity index (χ4v) is 3.27. The normalized spacial score (nSPS) is 10.6. The predicted molar refractivity (Wildman–Crippen MR) is 136 cm³/mol. The Morgan fingerprint density at radius 3 is 2.54 bits per heavy atom. The van der Waals surface area contributed by atoms with E-state index in [0.29, 0.717) is 35.0 Å². The van der Waals surface area contributed by atoms with Gasteiger partial charge in [-0.3, -0.25) is 9.59 Å². The van der Waals surface area contributed by atoms with Crippen molar-refractivity contribution in [1.29, 1.82) is 0 Å². The van der Waals surface area contributed by atoms with Crippen LogP contribution in [0.15, 0.2) is 65.8 Å². The molecule has 3 aromatic rings. The molecule has 2 N–H and O–H groups in total. The summed E-state index contributed by atoms with van der Waals surface area (Å²) in [5.41, 5.74) is 6.46. The van der Waals surface area contributed by atoms with E-state index in [9.17, 15) is 9.59 Å². The number of hydrazone groups is 1. The molecule has 0 unspecified atom stereocenters. The number of anilines is 1. The molecule has 35 heavy (non-hydrogen) atoms. The summed E-state index contributed by atoms with van der Waals surface area (Å²) in [4.78, 5) is 24.7. The molecule has 0 aliphatic heterocycles. The van der Waals surface area contributed by atoms with E-state index in [1.165, 1.54) is 13.3 Å². The summed E-state index contributed by atoms with van der Waals surface area (Å²) in [7, 11) is 1.54. The van der Waals surface area contributed by atoms with Gasteiger partial charge in [0.25, 0.3) is 11.8 Å². The van der Waals surface area contributed by atoms with Crippen LogP contribution in [0.3, 0.4) is 0 Å². The molecule has 0 aliphatic rings. The summed E-state index contributed by atoms with van der Waals surface area (Å²) >= 11 is 0. The maximum Gasteiger partial charge on any atom is 0.271 e. The van der Waals surface area contributed by atoms with Gasteiger partial charge in [-0.05, 0) is 74.4 Å². The van der Waals surface area contributed by atoms with Crippen molar-refractivity contribution in [2.75, 3.05) is 25.6 Å². The van der Waals surface area contributed by atoms with Crippen LogP contribution in [0.2, 0.25) is 0 Å². The number of methoxy groups -OCH3 is 1. The van der Waals surface area contributed by atoms with Gasteiger partial charge in [-0.15, -0.1) is 0 Å². The monoisotopic (exact) mass is 475 g/mol. The van der Waals surface area contributed by atoms with Crippen LogP contribution >= 0.6 is 0 Å². The zero-order valence-electron chi connectivity index (χ0n) is 20.3. The van der Waals surface area contributed by atoms with Gasteiger partial charge in [0.2, 0.25) is 0 Å². The quantitative estimate of drug-likeness (QED) is 0.333. The first kappa shape index (κ1) is 25.3. The molecule has 0 fully saturated rings. The lowest BCUT2D eigenvalue weighted by Gasteiger charge is -2.13. The first-order valence-corrected chi connectivity index (χ1v) is 11.1. The Hall–Kier alpha value is -4.33. The van der Waals surface area contributed by atoms with Crippen LogP contribution in [0, 0.1) is 13.8 Å². The summed E-state index contributed by atoms with van der Waals surface area (Å²) in [6, 6.07) is 17.8. The molecule has 0 heterocycles. The number of nitrogens with one attached hydrogen (secondary N) is 2. The standard InChI is InChI=1S/C27H29N3O5/c1-5-34-25-14-20(16-28-30-27(32)21-7-6-8-22(15-21)33-4)10-12-24(25)35-17-26(31)29-23-11-9-18(2)13-19(23)3/h6-16H,5,17H2,1-4H3,(H,29,31)(H,30,32)/b28-16+. The van der Waals surface area contributed by atoms with Crippen molar-refractivity contribution in [3.8, 4) is 17.2 Å². The minimum absolute atomic E-state index is 0.169. The summed E-state index contributed by atoms with van der Waals surface area (Å²) in [6.45, 7) is 6.04. The highest BCUT2D eigenvalue weighted by Crippen LogP contribution is 2.28. The fraction of sp³-hybridized carbons (Fsp3) is 0.222. The van der Waals surface area contributed by atoms with Crippen LogP contribution in [0.4, 0.5) is 5.69 Å². The SMILES string of the molecule is CCOc1cc(/C=N/NC(=O)c2cccc(OC)c2)ccc1OCC(=O)Nc1ccc(C)cc1C. The molecule has 0 aromatic heterocycles. The van der Waals surface area contributed by atoms with Gasteiger partial charge in [0, 0.05) is 11.3 Å². The van der Waals surface area contributed by atoms with Crippen molar-refractivity contribution in [2.24, 2.45) is 5.10 Å². The van der Waals surface area contributed by atoms with E-state index in [1.54, 1.807) is 42.5 Å². The highest BCUT2D eigenvalue weighted by Gasteiger charge is 2.11. The van der Waals surface area contributed by atoms with Crippen LogP contribution in [0.5, 0.6) is 17.2 Å². The molecule has 0 aliphatic carbocycles. The van der Waals surface area contributed by atoms with E-state index in [1.807, 2.05) is 39.0 Å². The third kappa shape index (κ3) is 7.33. The molecule has 3 rings (SSSR count). The van der Waals surface area contributed by atoms with Crippen LogP contribution in [-0.2, 0) is 4.79 Å². The third-order valence-electron chi connectivity index (χ3n) is 4.99. The molecule has 8 nitrogen and oxygen atoms in total. The van der Waals surface area contributed by atoms with Gasteiger partial charge < -0.3 is 19.5 Å². The Labute approximate surface area is 204 Å². The number of carbonyl (C=O) groups excluding carboxylic acids is 2. The maximum absolute atomic E-state index is 12.4. The van der Waals surface area contributed by atoms with E-state index in [2.05, 4.69) is 15.8 Å². The number of hydrogen-bond donors (Lipinski definition) is 2. The second kappa shape index (κ2) is 12.2. The summed E-state index contributed by atoms with van der Waals surface area (Å²) in [5.74, 6) is 0.849. The number of rotatable bonds is 10. The van der Waals surface area contributed by atoms with Crippen LogP contribution in [-0.4, -0.2) is 38.4 Å². The zero-order valence-corrected chi connectivity index (χ0v) is 20.3. The highest BCUT2D eigenvalue weighted by atomic mass is 16.5. The van der Waals surface area contributed by atoms with Crippen molar-refractivity contribution < 1.29 is 23.8 Å². The number of nitrogens with zero attached hydrogens (tertiary/aromatic N) is 1. The van der Waals surface area contributed by atoms with Gasteiger partial charge in [0.05, 0.1) is 19.9 Å². The van der Waals surface area contributed by atoms with Crippen molar-refractivity contribution >= 4 is 23.7 Å². The van der Waals surface area contributed by atoms with Crippen molar-refractivity contribution in [3.63, 3.8) is 0 Å². The van der Waals surface area contributed by atoms with Gasteiger partial charge in [-0.2, -0.15) is 5.10 Å². The average molecular weight is 476 g/mol. The van der Waals surface area contributed by atoms with E-state index in [4.69, 9.17) is 14.2 Å².